The number of carbonyl (C=O) groups is 1. The molecular formula is C15H21FN2O. The molecule has 1 fully saturated rings. The molecule has 1 unspecified atom stereocenters. The molecule has 0 spiro atoms. The molecule has 1 aromatic rings. The molecule has 1 heterocycles. The second-order valence-electron chi connectivity index (χ2n) is 5.32. The lowest BCUT2D eigenvalue weighted by Crippen LogP contribution is -2.38. The average Bonchev–Trinajstić information content (AvgIpc) is 2.85. The average molecular weight is 264 g/mol. The highest BCUT2D eigenvalue weighted by Crippen LogP contribution is 2.33. The number of benzene rings is 1. The lowest BCUT2D eigenvalue weighted by atomic mass is 9.81. The zero-order chi connectivity index (χ0) is 13.9. The first kappa shape index (κ1) is 14.0. The molecule has 1 saturated heterocycles. The first-order valence-electron chi connectivity index (χ1n) is 6.86. The van der Waals surface area contributed by atoms with Crippen LogP contribution in [0.25, 0.3) is 0 Å². The number of nitrogens with one attached hydrogen (secondary N) is 2. The van der Waals surface area contributed by atoms with E-state index in [1.54, 1.807) is 19.1 Å². The first-order valence-corrected chi connectivity index (χ1v) is 6.86. The van der Waals surface area contributed by atoms with Crippen LogP contribution in [0.4, 0.5) is 10.1 Å². The van der Waals surface area contributed by atoms with Crippen LogP contribution in [-0.4, -0.2) is 19.0 Å². The van der Waals surface area contributed by atoms with Crippen molar-refractivity contribution in [3.63, 3.8) is 0 Å². The Labute approximate surface area is 113 Å². The van der Waals surface area contributed by atoms with Gasteiger partial charge in [-0.15, -0.1) is 0 Å². The maximum Gasteiger partial charge on any atom is 0.231 e. The summed E-state index contributed by atoms with van der Waals surface area (Å²) in [6.07, 6.45) is 2.68. The van der Waals surface area contributed by atoms with Gasteiger partial charge in [-0.3, -0.25) is 4.79 Å². The molecular weight excluding hydrogens is 243 g/mol. The molecule has 1 atom stereocenters. The van der Waals surface area contributed by atoms with Gasteiger partial charge >= 0.3 is 0 Å². The molecule has 1 aliphatic rings. The highest BCUT2D eigenvalue weighted by molar-refractivity contribution is 5.96. The van der Waals surface area contributed by atoms with E-state index in [1.807, 2.05) is 0 Å². The molecule has 3 nitrogen and oxygen atoms in total. The van der Waals surface area contributed by atoms with Gasteiger partial charge in [-0.2, -0.15) is 0 Å². The van der Waals surface area contributed by atoms with Gasteiger partial charge in [0.1, 0.15) is 5.82 Å². The monoisotopic (exact) mass is 264 g/mol. The normalized spacial score (nSPS) is 22.5. The molecule has 104 valence electrons. The van der Waals surface area contributed by atoms with E-state index in [0.29, 0.717) is 17.8 Å². The van der Waals surface area contributed by atoms with E-state index < -0.39 is 0 Å². The molecule has 19 heavy (non-hydrogen) atoms. The van der Waals surface area contributed by atoms with E-state index in [9.17, 15) is 9.18 Å². The summed E-state index contributed by atoms with van der Waals surface area (Å²) < 4.78 is 13.5. The number of halogens is 1. The van der Waals surface area contributed by atoms with Gasteiger partial charge in [-0.1, -0.05) is 19.4 Å². The molecule has 1 aromatic carbocycles. The summed E-state index contributed by atoms with van der Waals surface area (Å²) in [5, 5.41) is 6.16. The van der Waals surface area contributed by atoms with Crippen LogP contribution in [0.1, 0.15) is 31.7 Å². The molecule has 2 rings (SSSR count). The van der Waals surface area contributed by atoms with E-state index in [1.165, 1.54) is 6.07 Å². The lowest BCUT2D eigenvalue weighted by molar-refractivity contribution is -0.125. The SMILES string of the molecule is CCCC1(C(=O)Nc2cccc(F)c2C)CCNC1. The van der Waals surface area contributed by atoms with Crippen molar-refractivity contribution in [3.8, 4) is 0 Å². The predicted molar refractivity (Wildman–Crippen MR) is 74.6 cm³/mol. The molecule has 0 radical (unpaired) electrons. The number of anilines is 1. The minimum atomic E-state index is -0.340. The van der Waals surface area contributed by atoms with Crippen LogP contribution in [-0.2, 0) is 4.79 Å². The van der Waals surface area contributed by atoms with E-state index in [4.69, 9.17) is 0 Å². The molecule has 0 bridgehead atoms. The zero-order valence-corrected chi connectivity index (χ0v) is 11.6. The Hall–Kier alpha value is -1.42. The molecule has 4 heteroatoms. The van der Waals surface area contributed by atoms with Crippen molar-refractivity contribution in [2.75, 3.05) is 18.4 Å². The van der Waals surface area contributed by atoms with Crippen molar-refractivity contribution >= 4 is 11.6 Å². The second-order valence-corrected chi connectivity index (χ2v) is 5.32. The molecule has 0 saturated carbocycles. The van der Waals surface area contributed by atoms with Gasteiger partial charge in [-0.05, 0) is 38.4 Å². The third kappa shape index (κ3) is 2.78. The van der Waals surface area contributed by atoms with Crippen LogP contribution in [0.2, 0.25) is 0 Å². The van der Waals surface area contributed by atoms with E-state index >= 15 is 0 Å². The molecule has 0 aliphatic carbocycles. The summed E-state index contributed by atoms with van der Waals surface area (Å²) in [5.41, 5.74) is 0.730. The van der Waals surface area contributed by atoms with Crippen LogP contribution < -0.4 is 10.6 Å². The second kappa shape index (κ2) is 5.70. The highest BCUT2D eigenvalue weighted by atomic mass is 19.1. The largest absolute Gasteiger partial charge is 0.325 e. The number of amides is 1. The summed E-state index contributed by atoms with van der Waals surface area (Å²) in [7, 11) is 0. The van der Waals surface area contributed by atoms with Crippen LogP contribution in [0, 0.1) is 18.2 Å². The molecule has 1 amide bonds. The van der Waals surface area contributed by atoms with Gasteiger partial charge in [0, 0.05) is 17.8 Å². The van der Waals surface area contributed by atoms with Gasteiger partial charge in [0.05, 0.1) is 5.41 Å². The highest BCUT2D eigenvalue weighted by Gasteiger charge is 2.40. The number of hydrogen-bond donors (Lipinski definition) is 2. The van der Waals surface area contributed by atoms with Crippen molar-refractivity contribution < 1.29 is 9.18 Å². The fourth-order valence-corrected chi connectivity index (χ4v) is 2.74. The fourth-order valence-electron chi connectivity index (χ4n) is 2.74. The Balaban J connectivity index is 2.17. The van der Waals surface area contributed by atoms with Crippen LogP contribution in [0.3, 0.4) is 0 Å². The maximum atomic E-state index is 13.5. The Kier molecular flexibility index (Phi) is 4.20. The van der Waals surface area contributed by atoms with E-state index in [0.717, 1.165) is 25.8 Å². The van der Waals surface area contributed by atoms with Gasteiger partial charge in [-0.25, -0.2) is 4.39 Å². The van der Waals surface area contributed by atoms with Crippen LogP contribution >= 0.6 is 0 Å². The van der Waals surface area contributed by atoms with Gasteiger partial charge in [0.2, 0.25) is 5.91 Å². The minimum absolute atomic E-state index is 0.00745. The molecule has 0 aromatic heterocycles. The Morgan fingerprint density at radius 2 is 2.32 bits per heavy atom. The predicted octanol–water partition coefficient (Wildman–Crippen LogP) is 2.85. The van der Waals surface area contributed by atoms with Gasteiger partial charge < -0.3 is 10.6 Å². The van der Waals surface area contributed by atoms with Crippen molar-refractivity contribution in [2.45, 2.75) is 33.1 Å². The molecule has 1 aliphatic heterocycles. The number of rotatable bonds is 4. The lowest BCUT2D eigenvalue weighted by Gasteiger charge is -2.26. The van der Waals surface area contributed by atoms with Crippen molar-refractivity contribution in [1.29, 1.82) is 0 Å². The summed E-state index contributed by atoms with van der Waals surface area (Å²) in [4.78, 5) is 12.5. The van der Waals surface area contributed by atoms with Crippen molar-refractivity contribution in [1.82, 2.24) is 5.32 Å². The third-order valence-electron chi connectivity index (χ3n) is 3.97. The summed E-state index contributed by atoms with van der Waals surface area (Å²) in [6.45, 7) is 5.35. The third-order valence-corrected chi connectivity index (χ3v) is 3.97. The maximum absolute atomic E-state index is 13.5. The Morgan fingerprint density at radius 3 is 2.95 bits per heavy atom. The van der Waals surface area contributed by atoms with Crippen LogP contribution in [0.5, 0.6) is 0 Å². The Morgan fingerprint density at radius 1 is 1.53 bits per heavy atom. The van der Waals surface area contributed by atoms with Crippen molar-refractivity contribution in [2.24, 2.45) is 5.41 Å². The van der Waals surface area contributed by atoms with E-state index in [-0.39, 0.29) is 17.1 Å². The smallest absolute Gasteiger partial charge is 0.231 e. The summed E-state index contributed by atoms with van der Waals surface area (Å²) in [5.74, 6) is -0.278. The van der Waals surface area contributed by atoms with Gasteiger partial charge in [0.15, 0.2) is 0 Å². The fraction of sp³-hybridized carbons (Fsp3) is 0.533. The molecule has 2 N–H and O–H groups in total. The zero-order valence-electron chi connectivity index (χ0n) is 11.6. The van der Waals surface area contributed by atoms with Gasteiger partial charge in [0.25, 0.3) is 0 Å². The number of carbonyl (C=O) groups excluding carboxylic acids is 1. The van der Waals surface area contributed by atoms with Crippen LogP contribution in [0.15, 0.2) is 18.2 Å². The van der Waals surface area contributed by atoms with E-state index in [2.05, 4.69) is 17.6 Å². The van der Waals surface area contributed by atoms with Crippen molar-refractivity contribution in [3.05, 3.63) is 29.6 Å². The first-order chi connectivity index (χ1) is 9.09. The quantitative estimate of drug-likeness (QED) is 0.878. The number of hydrogen-bond acceptors (Lipinski definition) is 2. The Bertz CT molecular complexity index is 467. The standard InChI is InChI=1S/C15H21FN2O/c1-3-7-15(8-9-17-10-15)14(19)18-13-6-4-5-12(16)11(13)2/h4-6,17H,3,7-10H2,1-2H3,(H,18,19). The minimum Gasteiger partial charge on any atom is -0.325 e. The summed E-state index contributed by atoms with van der Waals surface area (Å²) >= 11 is 0. The topological polar surface area (TPSA) is 41.1 Å². The summed E-state index contributed by atoms with van der Waals surface area (Å²) in [6, 6.07) is 4.78.